The number of aliphatic hydroxyl groups excluding tert-OH is 1. The van der Waals surface area contributed by atoms with Gasteiger partial charge in [0.1, 0.15) is 5.76 Å². The summed E-state index contributed by atoms with van der Waals surface area (Å²) in [4.78, 5) is 27.6. The zero-order chi connectivity index (χ0) is 22.3. The molecule has 0 bridgehead atoms. The van der Waals surface area contributed by atoms with Crippen molar-refractivity contribution in [1.82, 2.24) is 0 Å². The van der Waals surface area contributed by atoms with E-state index in [1.165, 1.54) is 11.0 Å². The zero-order valence-electron chi connectivity index (χ0n) is 16.3. The molecule has 0 aromatic heterocycles. The third kappa shape index (κ3) is 3.83. The number of rotatable bonds is 3. The Balaban J connectivity index is 1.99. The number of ketones is 1. The van der Waals surface area contributed by atoms with Gasteiger partial charge in [0.2, 0.25) is 0 Å². The number of hydrogen-bond acceptors (Lipinski definition) is 3. The summed E-state index contributed by atoms with van der Waals surface area (Å²) in [5.41, 5.74) is 2.29. The second-order valence-corrected chi connectivity index (χ2v) is 8.39. The highest BCUT2D eigenvalue weighted by atomic mass is 35.5. The van der Waals surface area contributed by atoms with Crippen molar-refractivity contribution >= 4 is 57.9 Å². The Hall–Kier alpha value is -2.79. The zero-order valence-corrected chi connectivity index (χ0v) is 18.5. The van der Waals surface area contributed by atoms with Crippen LogP contribution in [0, 0.1) is 6.92 Å². The van der Waals surface area contributed by atoms with E-state index in [0.29, 0.717) is 26.9 Å². The van der Waals surface area contributed by atoms with E-state index < -0.39 is 17.7 Å². The average Bonchev–Trinajstić information content (AvgIpc) is 3.00. The summed E-state index contributed by atoms with van der Waals surface area (Å²) in [5.74, 6) is -1.86. The number of nitrogens with zero attached hydrogens (tertiary/aromatic N) is 1. The first-order chi connectivity index (χ1) is 14.8. The fourth-order valence-electron chi connectivity index (χ4n) is 3.71. The van der Waals surface area contributed by atoms with Gasteiger partial charge in [0.15, 0.2) is 0 Å². The number of hydrogen-bond donors (Lipinski definition) is 1. The maximum atomic E-state index is 13.1. The molecule has 0 spiro atoms. The minimum atomic E-state index is -0.850. The van der Waals surface area contributed by atoms with Gasteiger partial charge in [0.25, 0.3) is 11.7 Å². The van der Waals surface area contributed by atoms with Gasteiger partial charge in [0, 0.05) is 16.3 Å². The van der Waals surface area contributed by atoms with Gasteiger partial charge in [-0.2, -0.15) is 0 Å². The van der Waals surface area contributed by atoms with Crippen molar-refractivity contribution in [2.24, 2.45) is 0 Å². The second-order valence-electron chi connectivity index (χ2n) is 7.13. The molecule has 1 amide bonds. The summed E-state index contributed by atoms with van der Waals surface area (Å²) in [7, 11) is 0. The molecule has 1 aliphatic heterocycles. The molecule has 4 nitrogen and oxygen atoms in total. The molecule has 1 heterocycles. The summed E-state index contributed by atoms with van der Waals surface area (Å²) in [6.45, 7) is 1.88. The molecule has 156 valence electrons. The van der Waals surface area contributed by atoms with Gasteiger partial charge in [-0.15, -0.1) is 0 Å². The number of halogens is 3. The van der Waals surface area contributed by atoms with Crippen LogP contribution < -0.4 is 4.90 Å². The minimum Gasteiger partial charge on any atom is -0.507 e. The Bertz CT molecular complexity index is 1250. The first kappa shape index (κ1) is 21.4. The van der Waals surface area contributed by atoms with Crippen LogP contribution in [-0.2, 0) is 9.59 Å². The minimum absolute atomic E-state index is 0.0207. The van der Waals surface area contributed by atoms with Crippen molar-refractivity contribution in [3.05, 3.63) is 104 Å². The molecule has 3 aromatic carbocycles. The smallest absolute Gasteiger partial charge is 0.300 e. The maximum Gasteiger partial charge on any atom is 0.300 e. The fourth-order valence-corrected chi connectivity index (χ4v) is 4.20. The van der Waals surface area contributed by atoms with Gasteiger partial charge in [-0.1, -0.05) is 71.2 Å². The molecule has 3 aromatic rings. The van der Waals surface area contributed by atoms with Gasteiger partial charge in [-0.05, 0) is 48.4 Å². The van der Waals surface area contributed by atoms with Crippen molar-refractivity contribution in [2.45, 2.75) is 13.0 Å². The van der Waals surface area contributed by atoms with E-state index in [-0.39, 0.29) is 16.4 Å². The van der Waals surface area contributed by atoms with E-state index in [0.717, 1.165) is 5.56 Å². The van der Waals surface area contributed by atoms with Crippen LogP contribution >= 0.6 is 34.8 Å². The van der Waals surface area contributed by atoms with Crippen LogP contribution in [0.3, 0.4) is 0 Å². The van der Waals surface area contributed by atoms with Crippen molar-refractivity contribution in [1.29, 1.82) is 0 Å². The van der Waals surface area contributed by atoms with E-state index in [1.807, 2.05) is 31.2 Å². The van der Waals surface area contributed by atoms with Crippen LogP contribution in [0.5, 0.6) is 0 Å². The quantitative estimate of drug-likeness (QED) is 0.266. The monoisotopic (exact) mass is 471 g/mol. The Kier molecular flexibility index (Phi) is 5.80. The topological polar surface area (TPSA) is 57.6 Å². The molecule has 31 heavy (non-hydrogen) atoms. The number of benzene rings is 3. The lowest BCUT2D eigenvalue weighted by Crippen LogP contribution is -2.29. The highest BCUT2D eigenvalue weighted by Gasteiger charge is 2.47. The lowest BCUT2D eigenvalue weighted by molar-refractivity contribution is -0.132. The molecule has 1 aliphatic rings. The van der Waals surface area contributed by atoms with Crippen LogP contribution in [0.1, 0.15) is 22.7 Å². The Morgan fingerprint density at radius 1 is 0.903 bits per heavy atom. The molecular formula is C24H16Cl3NO3. The van der Waals surface area contributed by atoms with Crippen LogP contribution in [0.15, 0.2) is 72.3 Å². The first-order valence-electron chi connectivity index (χ1n) is 9.37. The molecule has 1 unspecified atom stereocenters. The number of aliphatic hydroxyl groups is 1. The number of carbonyl (C=O) groups is 2. The van der Waals surface area contributed by atoms with Crippen LogP contribution in [0.25, 0.3) is 5.76 Å². The van der Waals surface area contributed by atoms with E-state index in [1.54, 1.807) is 36.4 Å². The molecule has 4 rings (SSSR count). The summed E-state index contributed by atoms with van der Waals surface area (Å²) in [6.07, 6.45) is 0. The van der Waals surface area contributed by atoms with Crippen LogP contribution in [-0.4, -0.2) is 16.8 Å². The number of amides is 1. The molecule has 7 heteroatoms. The maximum absolute atomic E-state index is 13.1. The fraction of sp³-hybridized carbons (Fsp3) is 0.0833. The number of aryl methyl sites for hydroxylation is 1. The van der Waals surface area contributed by atoms with Crippen LogP contribution in [0.2, 0.25) is 15.1 Å². The molecule has 0 aliphatic carbocycles. The average molecular weight is 473 g/mol. The molecular weight excluding hydrogens is 457 g/mol. The summed E-state index contributed by atoms with van der Waals surface area (Å²) in [5, 5.41) is 12.1. The normalized spacial score (nSPS) is 17.9. The Morgan fingerprint density at radius 3 is 2.32 bits per heavy atom. The van der Waals surface area contributed by atoms with E-state index in [4.69, 9.17) is 34.8 Å². The van der Waals surface area contributed by atoms with E-state index in [9.17, 15) is 14.7 Å². The van der Waals surface area contributed by atoms with Gasteiger partial charge in [0.05, 0.1) is 21.7 Å². The second kappa shape index (κ2) is 8.39. The third-order valence-corrected chi connectivity index (χ3v) is 6.18. The molecule has 1 atom stereocenters. The largest absolute Gasteiger partial charge is 0.507 e. The lowest BCUT2D eigenvalue weighted by atomic mass is 9.92. The molecule has 0 radical (unpaired) electrons. The summed E-state index contributed by atoms with van der Waals surface area (Å²) >= 11 is 18.3. The Morgan fingerprint density at radius 2 is 1.65 bits per heavy atom. The highest BCUT2D eigenvalue weighted by Crippen LogP contribution is 2.44. The SMILES string of the molecule is Cc1ccccc1C1/C(=C(\O)c2cccc(Cl)c2)C(=O)C(=O)N1c1ccc(Cl)c(Cl)c1. The lowest BCUT2D eigenvalue weighted by Gasteiger charge is -2.27. The van der Waals surface area contributed by atoms with Gasteiger partial charge < -0.3 is 5.11 Å². The molecule has 0 saturated carbocycles. The van der Waals surface area contributed by atoms with E-state index >= 15 is 0 Å². The third-order valence-electron chi connectivity index (χ3n) is 5.21. The van der Waals surface area contributed by atoms with Crippen molar-refractivity contribution in [3.63, 3.8) is 0 Å². The number of carbonyl (C=O) groups excluding carboxylic acids is 2. The summed E-state index contributed by atoms with van der Waals surface area (Å²) in [6, 6.07) is 17.7. The predicted molar refractivity (Wildman–Crippen MR) is 124 cm³/mol. The molecule has 1 N–H and O–H groups in total. The van der Waals surface area contributed by atoms with Crippen molar-refractivity contribution < 1.29 is 14.7 Å². The van der Waals surface area contributed by atoms with Crippen LogP contribution in [0.4, 0.5) is 5.69 Å². The molecule has 1 saturated heterocycles. The standard InChI is InChI=1S/C24H16Cl3NO3/c1-13-5-2-3-8-17(13)21-20(22(29)14-6-4-7-15(25)11-14)23(30)24(31)28(21)16-9-10-18(26)19(27)12-16/h2-12,21,29H,1H3/b22-20+. The summed E-state index contributed by atoms with van der Waals surface area (Å²) < 4.78 is 0. The van der Waals surface area contributed by atoms with Crippen molar-refractivity contribution in [2.75, 3.05) is 4.90 Å². The van der Waals surface area contributed by atoms with Gasteiger partial charge in [-0.3, -0.25) is 14.5 Å². The van der Waals surface area contributed by atoms with Crippen molar-refractivity contribution in [3.8, 4) is 0 Å². The molecule has 1 fully saturated rings. The number of anilines is 1. The van der Waals surface area contributed by atoms with Gasteiger partial charge >= 0.3 is 0 Å². The number of Topliss-reactive ketones (excluding diaryl/α,β-unsaturated/α-hetero) is 1. The first-order valence-corrected chi connectivity index (χ1v) is 10.5. The van der Waals surface area contributed by atoms with E-state index in [2.05, 4.69) is 0 Å². The Labute approximate surface area is 194 Å². The highest BCUT2D eigenvalue weighted by molar-refractivity contribution is 6.52. The predicted octanol–water partition coefficient (Wildman–Crippen LogP) is 6.58. The van der Waals surface area contributed by atoms with Gasteiger partial charge in [-0.25, -0.2) is 0 Å².